The molecule has 0 radical (unpaired) electrons. The van der Waals surface area contributed by atoms with Crippen LogP contribution in [0.2, 0.25) is 0 Å². The van der Waals surface area contributed by atoms with Gasteiger partial charge in [-0.3, -0.25) is 4.79 Å². The first kappa shape index (κ1) is 22.0. The predicted molar refractivity (Wildman–Crippen MR) is 123 cm³/mol. The van der Waals surface area contributed by atoms with Gasteiger partial charge in [-0.05, 0) is 18.1 Å². The van der Waals surface area contributed by atoms with Crippen LogP contribution in [-0.2, 0) is 11.3 Å². The van der Waals surface area contributed by atoms with Crippen LogP contribution >= 0.6 is 0 Å². The van der Waals surface area contributed by atoms with Crippen LogP contribution in [0.15, 0.2) is 59.2 Å². The van der Waals surface area contributed by atoms with Gasteiger partial charge >= 0.3 is 5.97 Å². The van der Waals surface area contributed by atoms with E-state index in [0.29, 0.717) is 29.3 Å². The third-order valence-corrected chi connectivity index (χ3v) is 5.52. The van der Waals surface area contributed by atoms with Crippen molar-refractivity contribution in [2.24, 2.45) is 0 Å². The largest absolute Gasteiger partial charge is 0.493 e. The topological polar surface area (TPSA) is 91.9 Å². The second kappa shape index (κ2) is 9.12. The van der Waals surface area contributed by atoms with Gasteiger partial charge in [0.05, 0.1) is 44.4 Å². The summed E-state index contributed by atoms with van der Waals surface area (Å²) >= 11 is 0. The van der Waals surface area contributed by atoms with E-state index in [2.05, 4.69) is 5.32 Å². The molecule has 8 nitrogen and oxygen atoms in total. The smallest absolute Gasteiger partial charge is 0.340 e. The first-order chi connectivity index (χ1) is 16.0. The van der Waals surface area contributed by atoms with Crippen LogP contribution in [0.25, 0.3) is 11.1 Å². The average Bonchev–Trinajstić information content (AvgIpc) is 3.42. The van der Waals surface area contributed by atoms with Crippen LogP contribution in [0.5, 0.6) is 11.5 Å². The highest BCUT2D eigenvalue weighted by atomic mass is 16.5. The number of furan rings is 1. The first-order valence-electron chi connectivity index (χ1n) is 10.2. The van der Waals surface area contributed by atoms with Gasteiger partial charge in [0.1, 0.15) is 5.69 Å². The molecule has 33 heavy (non-hydrogen) atoms. The monoisotopic (exact) mass is 448 g/mol. The SMILES string of the molecule is COC(=O)c1cc(OC)c(OC)cc1NC(=O)c1cc2occc2n1Cc1ccccc1C. The second-order valence-corrected chi connectivity index (χ2v) is 7.41. The summed E-state index contributed by atoms with van der Waals surface area (Å²) in [4.78, 5) is 25.8. The van der Waals surface area contributed by atoms with Gasteiger partial charge in [0.2, 0.25) is 0 Å². The van der Waals surface area contributed by atoms with Crippen LogP contribution in [0.1, 0.15) is 32.0 Å². The highest BCUT2D eigenvalue weighted by Gasteiger charge is 2.23. The zero-order valence-electron chi connectivity index (χ0n) is 18.8. The van der Waals surface area contributed by atoms with Gasteiger partial charge < -0.3 is 28.5 Å². The molecule has 2 aromatic heterocycles. The van der Waals surface area contributed by atoms with E-state index >= 15 is 0 Å². The van der Waals surface area contributed by atoms with E-state index in [1.165, 1.54) is 33.5 Å². The summed E-state index contributed by atoms with van der Waals surface area (Å²) in [5.74, 6) is -0.316. The van der Waals surface area contributed by atoms with Crippen molar-refractivity contribution in [2.75, 3.05) is 26.6 Å². The molecule has 0 aliphatic carbocycles. The second-order valence-electron chi connectivity index (χ2n) is 7.41. The highest BCUT2D eigenvalue weighted by Crippen LogP contribution is 2.34. The summed E-state index contributed by atoms with van der Waals surface area (Å²) < 4.78 is 22.9. The average molecular weight is 448 g/mol. The van der Waals surface area contributed by atoms with E-state index in [4.69, 9.17) is 18.6 Å². The molecular formula is C25H24N2O6. The van der Waals surface area contributed by atoms with Gasteiger partial charge in [-0.2, -0.15) is 0 Å². The molecule has 0 aliphatic rings. The molecule has 0 aliphatic heterocycles. The molecule has 0 saturated carbocycles. The third kappa shape index (κ3) is 4.15. The number of carbonyl (C=O) groups excluding carboxylic acids is 2. The molecular weight excluding hydrogens is 424 g/mol. The van der Waals surface area contributed by atoms with E-state index in [1.807, 2.05) is 41.8 Å². The molecule has 0 fully saturated rings. The van der Waals surface area contributed by atoms with E-state index < -0.39 is 11.9 Å². The predicted octanol–water partition coefficient (Wildman–Crippen LogP) is 4.65. The fourth-order valence-electron chi connectivity index (χ4n) is 3.74. The molecule has 1 N–H and O–H groups in total. The maximum Gasteiger partial charge on any atom is 0.340 e. The minimum Gasteiger partial charge on any atom is -0.493 e. The maximum atomic E-state index is 13.4. The van der Waals surface area contributed by atoms with E-state index in [0.717, 1.165) is 16.6 Å². The maximum absolute atomic E-state index is 13.4. The van der Waals surface area contributed by atoms with Crippen molar-refractivity contribution in [1.82, 2.24) is 4.57 Å². The molecule has 2 aromatic carbocycles. The van der Waals surface area contributed by atoms with Gasteiger partial charge in [0, 0.05) is 30.8 Å². The third-order valence-electron chi connectivity index (χ3n) is 5.52. The number of nitrogens with one attached hydrogen (secondary N) is 1. The number of aromatic nitrogens is 1. The van der Waals surface area contributed by atoms with Crippen molar-refractivity contribution >= 4 is 28.7 Å². The Hall–Kier alpha value is -4.20. The Kier molecular flexibility index (Phi) is 6.08. The van der Waals surface area contributed by atoms with Crippen LogP contribution in [0.3, 0.4) is 0 Å². The van der Waals surface area contributed by atoms with Crippen molar-refractivity contribution in [1.29, 1.82) is 0 Å². The van der Waals surface area contributed by atoms with Crippen molar-refractivity contribution in [3.8, 4) is 11.5 Å². The first-order valence-corrected chi connectivity index (χ1v) is 10.2. The molecule has 170 valence electrons. The van der Waals surface area contributed by atoms with E-state index in [-0.39, 0.29) is 11.3 Å². The molecule has 8 heteroatoms. The Bertz CT molecular complexity index is 1330. The lowest BCUT2D eigenvalue weighted by Gasteiger charge is -2.16. The lowest BCUT2D eigenvalue weighted by molar-refractivity contribution is 0.0601. The Morgan fingerprint density at radius 2 is 1.73 bits per heavy atom. The van der Waals surface area contributed by atoms with E-state index in [1.54, 1.807) is 12.3 Å². The standard InChI is InChI=1S/C25H24N2O6/c1-15-7-5-6-8-16(15)14-27-19-9-10-33-21(19)13-20(27)24(28)26-18-12-23(31-3)22(30-2)11-17(18)25(29)32-4/h5-13H,14H2,1-4H3,(H,26,28). The fourth-order valence-corrected chi connectivity index (χ4v) is 3.74. The van der Waals surface area contributed by atoms with Crippen LogP contribution in [0, 0.1) is 6.92 Å². The van der Waals surface area contributed by atoms with E-state index in [9.17, 15) is 9.59 Å². The molecule has 0 unspecified atom stereocenters. The zero-order valence-corrected chi connectivity index (χ0v) is 18.8. The minimum atomic E-state index is -0.615. The molecule has 0 atom stereocenters. The number of hydrogen-bond acceptors (Lipinski definition) is 6. The summed E-state index contributed by atoms with van der Waals surface area (Å²) in [6.45, 7) is 2.51. The molecule has 1 amide bonds. The number of esters is 1. The summed E-state index contributed by atoms with van der Waals surface area (Å²) in [6, 6.07) is 14.5. The van der Waals surface area contributed by atoms with Crippen molar-refractivity contribution in [3.63, 3.8) is 0 Å². The van der Waals surface area contributed by atoms with Crippen LogP contribution in [0.4, 0.5) is 5.69 Å². The zero-order chi connectivity index (χ0) is 23.5. The van der Waals surface area contributed by atoms with Crippen molar-refractivity contribution in [2.45, 2.75) is 13.5 Å². The number of nitrogens with zero attached hydrogens (tertiary/aromatic N) is 1. The summed E-state index contributed by atoms with van der Waals surface area (Å²) in [7, 11) is 4.21. The van der Waals surface area contributed by atoms with Gasteiger partial charge in [0.15, 0.2) is 17.1 Å². The Morgan fingerprint density at radius 1 is 1.00 bits per heavy atom. The number of fused-ring (bicyclic) bond motifs is 1. The number of aryl methyl sites for hydroxylation is 1. The summed E-state index contributed by atoms with van der Waals surface area (Å²) in [6.07, 6.45) is 1.59. The van der Waals surface area contributed by atoms with Crippen molar-refractivity contribution in [3.05, 3.63) is 77.2 Å². The quantitative estimate of drug-likeness (QED) is 0.414. The molecule has 0 bridgehead atoms. The van der Waals surface area contributed by atoms with Crippen molar-refractivity contribution < 1.29 is 28.2 Å². The van der Waals surface area contributed by atoms with Gasteiger partial charge in [-0.15, -0.1) is 0 Å². The van der Waals surface area contributed by atoms with Gasteiger partial charge in [-0.25, -0.2) is 4.79 Å². The Morgan fingerprint density at radius 3 is 2.42 bits per heavy atom. The number of rotatable bonds is 7. The van der Waals surface area contributed by atoms with Gasteiger partial charge in [0.25, 0.3) is 5.91 Å². The summed E-state index contributed by atoms with van der Waals surface area (Å²) in [5, 5.41) is 2.82. The summed E-state index contributed by atoms with van der Waals surface area (Å²) in [5.41, 5.74) is 4.35. The molecule has 0 saturated heterocycles. The van der Waals surface area contributed by atoms with Crippen LogP contribution < -0.4 is 14.8 Å². The fraction of sp³-hybridized carbons (Fsp3) is 0.200. The molecule has 2 heterocycles. The molecule has 4 aromatic rings. The number of amides is 1. The highest BCUT2D eigenvalue weighted by molar-refractivity contribution is 6.09. The number of carbonyl (C=O) groups is 2. The normalized spacial score (nSPS) is 10.8. The lowest BCUT2D eigenvalue weighted by Crippen LogP contribution is -2.20. The minimum absolute atomic E-state index is 0.143. The number of methoxy groups -OCH3 is 3. The number of ether oxygens (including phenoxy) is 3. The Balaban J connectivity index is 1.75. The molecule has 4 rings (SSSR count). The van der Waals surface area contributed by atoms with Crippen LogP contribution in [-0.4, -0.2) is 37.8 Å². The Labute approximate surface area is 190 Å². The molecule has 0 spiro atoms. The lowest BCUT2D eigenvalue weighted by atomic mass is 10.1. The van der Waals surface area contributed by atoms with Gasteiger partial charge in [-0.1, -0.05) is 24.3 Å². The number of hydrogen-bond donors (Lipinski definition) is 1. The number of benzene rings is 2. The number of anilines is 1.